The maximum absolute atomic E-state index is 14.9. The molecule has 2 bridgehead atoms. The molecule has 0 radical (unpaired) electrons. The molecule has 2 aliphatic rings. The minimum absolute atomic E-state index is 0.0505. The number of nitrogens with one attached hydrogen (secondary N) is 2. The summed E-state index contributed by atoms with van der Waals surface area (Å²) in [6, 6.07) is 8.63. The van der Waals surface area contributed by atoms with Gasteiger partial charge in [0.25, 0.3) is 0 Å². The van der Waals surface area contributed by atoms with Gasteiger partial charge >= 0.3 is 0 Å². The Morgan fingerprint density at radius 3 is 2.69 bits per heavy atom. The third-order valence-electron chi connectivity index (χ3n) is 6.64. The maximum atomic E-state index is 14.9. The van der Waals surface area contributed by atoms with E-state index in [1.165, 1.54) is 6.07 Å². The number of alkyl halides is 1. The number of pyridine rings is 1. The highest BCUT2D eigenvalue weighted by Crippen LogP contribution is 2.35. The molecule has 0 aliphatic carbocycles. The van der Waals surface area contributed by atoms with Crippen LogP contribution in [0.4, 0.5) is 10.2 Å². The zero-order chi connectivity index (χ0) is 22.4. The number of phenolic OH excluding ortho intramolecular Hbond substituents is 1. The van der Waals surface area contributed by atoms with E-state index >= 15 is 0 Å². The van der Waals surface area contributed by atoms with E-state index in [1.807, 2.05) is 31.0 Å². The quantitative estimate of drug-likeness (QED) is 0.583. The summed E-state index contributed by atoms with van der Waals surface area (Å²) in [5.74, 6) is 0.660. The first-order chi connectivity index (χ1) is 15.4. The molecule has 32 heavy (non-hydrogen) atoms. The lowest BCUT2D eigenvalue weighted by Crippen LogP contribution is -2.55. The number of fused-ring (bicyclic) bond motifs is 2. The van der Waals surface area contributed by atoms with E-state index in [2.05, 4.69) is 20.3 Å². The molecule has 0 amide bonds. The molecule has 2 aliphatic heterocycles. The van der Waals surface area contributed by atoms with Crippen molar-refractivity contribution in [1.82, 2.24) is 20.3 Å². The van der Waals surface area contributed by atoms with Crippen LogP contribution in [0.1, 0.15) is 25.0 Å². The van der Waals surface area contributed by atoms with Crippen molar-refractivity contribution in [2.24, 2.45) is 0 Å². The fraction of sp³-hybridized carbons (Fsp3) is 0.375. The van der Waals surface area contributed by atoms with Gasteiger partial charge < -0.3 is 20.3 Å². The van der Waals surface area contributed by atoms with Gasteiger partial charge in [-0.05, 0) is 55.5 Å². The Kier molecular flexibility index (Phi) is 5.17. The number of halogens is 1. The first kappa shape index (κ1) is 20.6. The van der Waals surface area contributed by atoms with Gasteiger partial charge in [0.2, 0.25) is 5.56 Å². The van der Waals surface area contributed by atoms with Crippen molar-refractivity contribution >= 4 is 5.82 Å². The molecule has 3 N–H and O–H groups in total. The number of hydrogen-bond donors (Lipinski definition) is 3. The number of nitrogens with zero attached hydrogens (tertiary/aromatic N) is 3. The van der Waals surface area contributed by atoms with Gasteiger partial charge in [0.15, 0.2) is 0 Å². The summed E-state index contributed by atoms with van der Waals surface area (Å²) in [6.07, 6.45) is 4.94. The fourth-order valence-corrected chi connectivity index (χ4v) is 4.94. The largest absolute Gasteiger partial charge is 0.507 e. The molecule has 0 spiro atoms. The second-order valence-electron chi connectivity index (χ2n) is 8.81. The van der Waals surface area contributed by atoms with Crippen molar-refractivity contribution in [3.05, 3.63) is 58.8 Å². The Balaban J connectivity index is 1.37. The number of aromatic nitrogens is 3. The Bertz CT molecular complexity index is 1200. The second kappa shape index (κ2) is 8.02. The Morgan fingerprint density at radius 2 is 1.97 bits per heavy atom. The topological polar surface area (TPSA) is 94.1 Å². The average Bonchev–Trinajstić information content (AvgIpc) is 3.19. The molecule has 166 valence electrons. The number of hydrogen-bond acceptors (Lipinski definition) is 6. The molecule has 8 heteroatoms. The minimum atomic E-state index is -0.939. The average molecular weight is 436 g/mol. The fourth-order valence-electron chi connectivity index (χ4n) is 4.94. The normalized spacial score (nSPS) is 24.5. The monoisotopic (exact) mass is 435 g/mol. The number of aryl methyl sites for hydroxylation is 1. The van der Waals surface area contributed by atoms with Gasteiger partial charge in [-0.1, -0.05) is 6.07 Å². The smallest absolute Gasteiger partial charge is 0.248 e. The standard InChI is InChI=1S/C24H26FN5O2/c1-13-7-15(9-23(32)28-13)14-3-5-17(21(31)8-14)19-11-27-22(12-26-19)30(2)20-10-16-4-6-18(29-16)24(20)25/h3,5,7-9,11-12,16,18,20,24,29,31H,4,6,10H2,1-2H3,(H,28,32)/t16-,18+,20-,24+/m1/s1. The highest BCUT2D eigenvalue weighted by molar-refractivity contribution is 5.74. The van der Waals surface area contributed by atoms with Gasteiger partial charge in [-0.15, -0.1) is 0 Å². The molecule has 0 unspecified atom stereocenters. The lowest BCUT2D eigenvalue weighted by Gasteiger charge is -2.38. The van der Waals surface area contributed by atoms with E-state index in [1.54, 1.807) is 24.5 Å². The number of aromatic hydroxyl groups is 1. The van der Waals surface area contributed by atoms with Gasteiger partial charge in [0.05, 0.1) is 24.1 Å². The van der Waals surface area contributed by atoms with E-state index in [4.69, 9.17) is 0 Å². The molecule has 4 heterocycles. The Morgan fingerprint density at radius 1 is 1.12 bits per heavy atom. The molecule has 0 saturated carbocycles. The van der Waals surface area contributed by atoms with Crippen LogP contribution in [0.5, 0.6) is 5.75 Å². The highest BCUT2D eigenvalue weighted by atomic mass is 19.1. The molecule has 1 aromatic carbocycles. The molecule has 4 atom stereocenters. The Labute approximate surface area is 185 Å². The predicted molar refractivity (Wildman–Crippen MR) is 122 cm³/mol. The molecular formula is C24H26FN5O2. The zero-order valence-electron chi connectivity index (χ0n) is 18.0. The van der Waals surface area contributed by atoms with Gasteiger partial charge in [-0.3, -0.25) is 9.78 Å². The van der Waals surface area contributed by atoms with Crippen LogP contribution in [-0.2, 0) is 0 Å². The van der Waals surface area contributed by atoms with Crippen LogP contribution in [0, 0.1) is 6.92 Å². The molecule has 2 fully saturated rings. The van der Waals surface area contributed by atoms with Gasteiger partial charge in [-0.25, -0.2) is 9.37 Å². The number of aromatic amines is 1. The molecule has 7 nitrogen and oxygen atoms in total. The number of anilines is 1. The van der Waals surface area contributed by atoms with Crippen LogP contribution in [0.25, 0.3) is 22.4 Å². The summed E-state index contributed by atoms with van der Waals surface area (Å²) in [6.45, 7) is 1.81. The van der Waals surface area contributed by atoms with E-state index < -0.39 is 6.17 Å². The SMILES string of the molecule is Cc1cc(-c2ccc(-c3cnc(N(C)[C@@H]4C[C@H]5CC[C@H](N5)[C@@H]4F)cn3)c(O)c2)cc(=O)[nH]1. The number of rotatable bonds is 4. The van der Waals surface area contributed by atoms with Crippen LogP contribution in [0.3, 0.4) is 0 Å². The predicted octanol–water partition coefficient (Wildman–Crippen LogP) is 3.18. The maximum Gasteiger partial charge on any atom is 0.248 e. The van der Waals surface area contributed by atoms with Gasteiger partial charge in [0, 0.05) is 36.5 Å². The van der Waals surface area contributed by atoms with E-state index in [9.17, 15) is 14.3 Å². The molecule has 2 aromatic heterocycles. The first-order valence-electron chi connectivity index (χ1n) is 10.9. The van der Waals surface area contributed by atoms with Gasteiger partial charge in [-0.2, -0.15) is 0 Å². The van der Waals surface area contributed by atoms with Crippen molar-refractivity contribution in [3.8, 4) is 28.1 Å². The summed E-state index contributed by atoms with van der Waals surface area (Å²) in [5, 5.41) is 14.0. The zero-order valence-corrected chi connectivity index (χ0v) is 18.0. The summed E-state index contributed by atoms with van der Waals surface area (Å²) < 4.78 is 14.9. The summed E-state index contributed by atoms with van der Waals surface area (Å²) in [4.78, 5) is 25.3. The van der Waals surface area contributed by atoms with Crippen molar-refractivity contribution in [2.75, 3.05) is 11.9 Å². The summed E-state index contributed by atoms with van der Waals surface area (Å²) in [7, 11) is 1.86. The molecule has 3 aromatic rings. The Hall–Kier alpha value is -3.26. The molecule has 2 saturated heterocycles. The first-order valence-corrected chi connectivity index (χ1v) is 10.9. The second-order valence-corrected chi connectivity index (χ2v) is 8.81. The molecule has 5 rings (SSSR count). The number of benzene rings is 1. The van der Waals surface area contributed by atoms with Crippen LogP contribution in [0.2, 0.25) is 0 Å². The van der Waals surface area contributed by atoms with Crippen LogP contribution >= 0.6 is 0 Å². The third kappa shape index (κ3) is 3.75. The van der Waals surface area contributed by atoms with Crippen molar-refractivity contribution in [1.29, 1.82) is 0 Å². The van der Waals surface area contributed by atoms with Crippen molar-refractivity contribution in [2.45, 2.75) is 50.5 Å². The third-order valence-corrected chi connectivity index (χ3v) is 6.64. The summed E-state index contributed by atoms with van der Waals surface area (Å²) >= 11 is 0. The number of phenols is 1. The van der Waals surface area contributed by atoms with Crippen LogP contribution in [-0.4, -0.2) is 51.4 Å². The lowest BCUT2D eigenvalue weighted by molar-refractivity contribution is 0.176. The number of H-pyrrole nitrogens is 1. The van der Waals surface area contributed by atoms with Crippen molar-refractivity contribution in [3.63, 3.8) is 0 Å². The minimum Gasteiger partial charge on any atom is -0.507 e. The lowest BCUT2D eigenvalue weighted by atomic mass is 9.96. The summed E-state index contributed by atoms with van der Waals surface area (Å²) in [5.41, 5.74) is 3.09. The van der Waals surface area contributed by atoms with Gasteiger partial charge in [0.1, 0.15) is 17.7 Å². The van der Waals surface area contributed by atoms with Crippen LogP contribution < -0.4 is 15.8 Å². The van der Waals surface area contributed by atoms with E-state index in [0.29, 0.717) is 23.1 Å². The highest BCUT2D eigenvalue weighted by Gasteiger charge is 2.43. The van der Waals surface area contributed by atoms with Crippen molar-refractivity contribution < 1.29 is 9.50 Å². The van der Waals surface area contributed by atoms with E-state index in [0.717, 1.165) is 36.1 Å². The van der Waals surface area contributed by atoms with Crippen LogP contribution in [0.15, 0.2) is 47.5 Å². The number of piperidine rings is 1. The van der Waals surface area contributed by atoms with E-state index in [-0.39, 0.29) is 23.4 Å². The molecular weight excluding hydrogens is 409 g/mol.